The van der Waals surface area contributed by atoms with Crippen LogP contribution in [-0.4, -0.2) is 41.2 Å². The summed E-state index contributed by atoms with van der Waals surface area (Å²) in [6, 6.07) is 8.16. The molecule has 1 saturated heterocycles. The molecule has 1 N–H and O–H groups in total. The smallest absolute Gasteiger partial charge is 0.241 e. The lowest BCUT2D eigenvalue weighted by Gasteiger charge is -2.16. The molecule has 3 rings (SSSR count). The maximum absolute atomic E-state index is 5.38. The number of nitrogens with one attached hydrogen (secondary N) is 1. The molecule has 0 aliphatic carbocycles. The molecule has 1 aliphatic rings. The standard InChI is InChI=1S/C15H20N4O/c1-12-4-2-5-13(10-12)15-17-14(20-18-15)11-19-8-3-6-16-7-9-19/h2,4-5,10,16H,3,6-9,11H2,1H3. The van der Waals surface area contributed by atoms with Gasteiger partial charge in [-0.25, -0.2) is 0 Å². The van der Waals surface area contributed by atoms with Crippen LogP contribution < -0.4 is 5.32 Å². The zero-order valence-electron chi connectivity index (χ0n) is 11.8. The molecule has 2 aromatic rings. The Morgan fingerprint density at radius 2 is 2.25 bits per heavy atom. The first kappa shape index (κ1) is 13.3. The van der Waals surface area contributed by atoms with Crippen molar-refractivity contribution in [2.45, 2.75) is 19.9 Å². The Morgan fingerprint density at radius 3 is 3.15 bits per heavy atom. The Labute approximate surface area is 119 Å². The molecule has 5 nitrogen and oxygen atoms in total. The van der Waals surface area contributed by atoms with Gasteiger partial charge in [-0.3, -0.25) is 4.90 Å². The van der Waals surface area contributed by atoms with Crippen LogP contribution in [0.2, 0.25) is 0 Å². The molecular weight excluding hydrogens is 252 g/mol. The van der Waals surface area contributed by atoms with Gasteiger partial charge >= 0.3 is 0 Å². The number of hydrogen-bond acceptors (Lipinski definition) is 5. The molecule has 1 aromatic carbocycles. The van der Waals surface area contributed by atoms with Gasteiger partial charge in [-0.15, -0.1) is 0 Å². The third-order valence-electron chi connectivity index (χ3n) is 3.54. The van der Waals surface area contributed by atoms with Crippen LogP contribution in [0.1, 0.15) is 17.9 Å². The first-order valence-corrected chi connectivity index (χ1v) is 7.14. The Bertz CT molecular complexity index is 559. The summed E-state index contributed by atoms with van der Waals surface area (Å²) >= 11 is 0. The Balaban J connectivity index is 1.70. The van der Waals surface area contributed by atoms with Crippen LogP contribution in [0.4, 0.5) is 0 Å². The van der Waals surface area contributed by atoms with Crippen molar-refractivity contribution in [2.75, 3.05) is 26.2 Å². The second kappa shape index (κ2) is 6.15. The van der Waals surface area contributed by atoms with Gasteiger partial charge in [0, 0.05) is 18.7 Å². The van der Waals surface area contributed by atoms with Crippen LogP contribution >= 0.6 is 0 Å². The molecule has 1 aliphatic heterocycles. The van der Waals surface area contributed by atoms with Crippen molar-refractivity contribution in [2.24, 2.45) is 0 Å². The van der Waals surface area contributed by atoms with Gasteiger partial charge < -0.3 is 9.84 Å². The molecule has 2 heterocycles. The highest BCUT2D eigenvalue weighted by Crippen LogP contribution is 2.17. The topological polar surface area (TPSA) is 54.2 Å². The number of aromatic nitrogens is 2. The predicted molar refractivity (Wildman–Crippen MR) is 77.2 cm³/mol. The highest BCUT2D eigenvalue weighted by atomic mass is 16.5. The predicted octanol–water partition coefficient (Wildman–Crippen LogP) is 1.84. The summed E-state index contributed by atoms with van der Waals surface area (Å²) in [4.78, 5) is 6.86. The SMILES string of the molecule is Cc1cccc(-c2noc(CN3CCCNCC3)n2)c1. The van der Waals surface area contributed by atoms with Gasteiger partial charge in [-0.1, -0.05) is 28.9 Å². The van der Waals surface area contributed by atoms with E-state index in [9.17, 15) is 0 Å². The Kier molecular flexibility index (Phi) is 4.08. The molecule has 106 valence electrons. The lowest BCUT2D eigenvalue weighted by molar-refractivity contribution is 0.239. The van der Waals surface area contributed by atoms with Gasteiger partial charge in [-0.05, 0) is 32.5 Å². The van der Waals surface area contributed by atoms with Crippen LogP contribution in [0.3, 0.4) is 0 Å². The maximum Gasteiger partial charge on any atom is 0.241 e. The third kappa shape index (κ3) is 3.23. The lowest BCUT2D eigenvalue weighted by atomic mass is 10.1. The second-order valence-electron chi connectivity index (χ2n) is 5.26. The van der Waals surface area contributed by atoms with E-state index in [1.54, 1.807) is 0 Å². The van der Waals surface area contributed by atoms with E-state index in [2.05, 4.69) is 39.4 Å². The normalized spacial score (nSPS) is 17.1. The summed E-state index contributed by atoms with van der Waals surface area (Å²) in [6.07, 6.45) is 1.17. The maximum atomic E-state index is 5.38. The fourth-order valence-electron chi connectivity index (χ4n) is 2.47. The molecule has 0 saturated carbocycles. The number of aryl methyl sites for hydroxylation is 1. The van der Waals surface area contributed by atoms with E-state index in [1.807, 2.05) is 12.1 Å². The van der Waals surface area contributed by atoms with Crippen LogP contribution in [0.5, 0.6) is 0 Å². The molecule has 1 aromatic heterocycles. The molecular formula is C15H20N4O. The van der Waals surface area contributed by atoms with E-state index in [-0.39, 0.29) is 0 Å². The molecule has 5 heteroatoms. The highest BCUT2D eigenvalue weighted by molar-refractivity contribution is 5.55. The molecule has 0 bridgehead atoms. The Morgan fingerprint density at radius 1 is 1.30 bits per heavy atom. The number of nitrogens with zero attached hydrogens (tertiary/aromatic N) is 3. The van der Waals surface area contributed by atoms with Crippen LogP contribution in [-0.2, 0) is 6.54 Å². The van der Waals surface area contributed by atoms with Crippen molar-refractivity contribution in [3.8, 4) is 11.4 Å². The summed E-state index contributed by atoms with van der Waals surface area (Å²) in [7, 11) is 0. The largest absolute Gasteiger partial charge is 0.338 e. The molecule has 0 spiro atoms. The molecule has 20 heavy (non-hydrogen) atoms. The summed E-state index contributed by atoms with van der Waals surface area (Å²) in [6.45, 7) is 7.03. The summed E-state index contributed by atoms with van der Waals surface area (Å²) in [5, 5.41) is 7.48. The molecule has 0 unspecified atom stereocenters. The summed E-state index contributed by atoms with van der Waals surface area (Å²) in [5.74, 6) is 1.38. The van der Waals surface area contributed by atoms with Crippen molar-refractivity contribution in [3.63, 3.8) is 0 Å². The van der Waals surface area contributed by atoms with E-state index in [4.69, 9.17) is 4.52 Å². The van der Waals surface area contributed by atoms with Crippen LogP contribution in [0.25, 0.3) is 11.4 Å². The first-order valence-electron chi connectivity index (χ1n) is 7.14. The molecule has 0 atom stereocenters. The average Bonchev–Trinajstić information content (AvgIpc) is 2.75. The quantitative estimate of drug-likeness (QED) is 0.924. The molecule has 1 fully saturated rings. The van der Waals surface area contributed by atoms with Crippen molar-refractivity contribution in [1.29, 1.82) is 0 Å². The number of benzene rings is 1. The first-order chi connectivity index (χ1) is 9.81. The number of hydrogen-bond donors (Lipinski definition) is 1. The van der Waals surface area contributed by atoms with E-state index in [0.29, 0.717) is 11.7 Å². The zero-order chi connectivity index (χ0) is 13.8. The molecule has 0 radical (unpaired) electrons. The van der Waals surface area contributed by atoms with Crippen molar-refractivity contribution in [3.05, 3.63) is 35.7 Å². The van der Waals surface area contributed by atoms with Gasteiger partial charge in [0.05, 0.1) is 6.54 Å². The van der Waals surface area contributed by atoms with Crippen LogP contribution in [0, 0.1) is 6.92 Å². The minimum atomic E-state index is 0.677. The van der Waals surface area contributed by atoms with Gasteiger partial charge in [0.25, 0.3) is 0 Å². The minimum Gasteiger partial charge on any atom is -0.338 e. The average molecular weight is 272 g/mol. The van der Waals surface area contributed by atoms with Crippen molar-refractivity contribution < 1.29 is 4.52 Å². The monoisotopic (exact) mass is 272 g/mol. The third-order valence-corrected chi connectivity index (χ3v) is 3.54. The van der Waals surface area contributed by atoms with E-state index in [1.165, 1.54) is 12.0 Å². The van der Waals surface area contributed by atoms with Gasteiger partial charge in [0.2, 0.25) is 11.7 Å². The molecule has 0 amide bonds. The van der Waals surface area contributed by atoms with Gasteiger partial charge in [0.15, 0.2) is 0 Å². The summed E-state index contributed by atoms with van der Waals surface area (Å²) < 4.78 is 5.38. The fraction of sp³-hybridized carbons (Fsp3) is 0.467. The van der Waals surface area contributed by atoms with E-state index >= 15 is 0 Å². The fourth-order valence-corrected chi connectivity index (χ4v) is 2.47. The highest BCUT2D eigenvalue weighted by Gasteiger charge is 2.14. The van der Waals surface area contributed by atoms with Crippen molar-refractivity contribution >= 4 is 0 Å². The lowest BCUT2D eigenvalue weighted by Crippen LogP contribution is -2.27. The Hall–Kier alpha value is -1.72. The summed E-state index contributed by atoms with van der Waals surface area (Å²) in [5.41, 5.74) is 2.21. The van der Waals surface area contributed by atoms with Gasteiger partial charge in [0.1, 0.15) is 0 Å². The van der Waals surface area contributed by atoms with Gasteiger partial charge in [-0.2, -0.15) is 4.98 Å². The minimum absolute atomic E-state index is 0.677. The van der Waals surface area contributed by atoms with E-state index < -0.39 is 0 Å². The number of rotatable bonds is 3. The van der Waals surface area contributed by atoms with E-state index in [0.717, 1.165) is 38.3 Å². The zero-order valence-corrected chi connectivity index (χ0v) is 11.8. The van der Waals surface area contributed by atoms with Crippen molar-refractivity contribution in [1.82, 2.24) is 20.4 Å². The van der Waals surface area contributed by atoms with Crippen LogP contribution in [0.15, 0.2) is 28.8 Å². The second-order valence-corrected chi connectivity index (χ2v) is 5.26.